The fourth-order valence-corrected chi connectivity index (χ4v) is 1.33. The summed E-state index contributed by atoms with van der Waals surface area (Å²) in [6.07, 6.45) is 0. The van der Waals surface area contributed by atoms with Crippen molar-refractivity contribution >= 4 is 5.69 Å². The average Bonchev–Trinajstić information content (AvgIpc) is 2.18. The summed E-state index contributed by atoms with van der Waals surface area (Å²) in [5.41, 5.74) is 7.68. The zero-order chi connectivity index (χ0) is 10.6. The normalized spacial score (nSPS) is 10.4. The van der Waals surface area contributed by atoms with Gasteiger partial charge in [0.15, 0.2) is 0 Å². The molecule has 0 fully saturated rings. The summed E-state index contributed by atoms with van der Waals surface area (Å²) in [6, 6.07) is 6.12. The number of ether oxygens (including phenoxy) is 1. The Bertz CT molecular complexity index is 297. The van der Waals surface area contributed by atoms with E-state index in [1.807, 2.05) is 6.07 Å². The number of benzene rings is 1. The van der Waals surface area contributed by atoms with Gasteiger partial charge in [0.25, 0.3) is 0 Å². The second kappa shape index (κ2) is 4.86. The highest BCUT2D eigenvalue weighted by atomic mass is 16.5. The Morgan fingerprint density at radius 2 is 2.14 bits per heavy atom. The molecule has 3 N–H and O–H groups in total. The highest BCUT2D eigenvalue weighted by Crippen LogP contribution is 2.28. The predicted octanol–water partition coefficient (Wildman–Crippen LogP) is 2.15. The molecule has 0 bridgehead atoms. The molecule has 0 unspecified atom stereocenters. The van der Waals surface area contributed by atoms with Crippen LogP contribution in [-0.2, 0) is 0 Å². The average molecular weight is 194 g/mol. The van der Waals surface area contributed by atoms with Gasteiger partial charge in [-0.15, -0.1) is 0 Å². The van der Waals surface area contributed by atoms with Gasteiger partial charge in [0.2, 0.25) is 0 Å². The standard InChI is InChI=1S/C11H18N2O/c1-8(2)9-4-5-11(14-3)10(6-9)13-7-12/h4-6,8,13H,7,12H2,1-3H3. The van der Waals surface area contributed by atoms with Crippen molar-refractivity contribution in [1.29, 1.82) is 0 Å². The number of hydrogen-bond donors (Lipinski definition) is 2. The summed E-state index contributed by atoms with van der Waals surface area (Å²) in [4.78, 5) is 0. The Morgan fingerprint density at radius 1 is 1.43 bits per heavy atom. The molecule has 0 aromatic heterocycles. The van der Waals surface area contributed by atoms with Crippen molar-refractivity contribution in [3.8, 4) is 5.75 Å². The van der Waals surface area contributed by atoms with Gasteiger partial charge in [-0.3, -0.25) is 0 Å². The molecule has 1 aromatic rings. The predicted molar refractivity (Wildman–Crippen MR) is 59.8 cm³/mol. The maximum Gasteiger partial charge on any atom is 0.142 e. The first-order chi connectivity index (χ1) is 6.69. The van der Waals surface area contributed by atoms with Gasteiger partial charge in [-0.05, 0) is 23.6 Å². The molecule has 3 heteroatoms. The molecule has 0 aliphatic heterocycles. The minimum atomic E-state index is 0.415. The van der Waals surface area contributed by atoms with Crippen molar-refractivity contribution in [3.05, 3.63) is 23.8 Å². The van der Waals surface area contributed by atoms with Crippen LogP contribution in [0.15, 0.2) is 18.2 Å². The molecule has 0 heterocycles. The van der Waals surface area contributed by atoms with E-state index in [0.717, 1.165) is 11.4 Å². The maximum atomic E-state index is 5.44. The van der Waals surface area contributed by atoms with Crippen LogP contribution in [0.2, 0.25) is 0 Å². The first-order valence-electron chi connectivity index (χ1n) is 4.81. The number of nitrogens with one attached hydrogen (secondary N) is 1. The first-order valence-corrected chi connectivity index (χ1v) is 4.81. The van der Waals surface area contributed by atoms with Gasteiger partial charge in [0.05, 0.1) is 19.5 Å². The molecular weight excluding hydrogens is 176 g/mol. The van der Waals surface area contributed by atoms with Gasteiger partial charge in [-0.2, -0.15) is 0 Å². The maximum absolute atomic E-state index is 5.44. The molecular formula is C11H18N2O. The highest BCUT2D eigenvalue weighted by Gasteiger charge is 2.05. The minimum Gasteiger partial charge on any atom is -0.495 e. The van der Waals surface area contributed by atoms with E-state index < -0.39 is 0 Å². The van der Waals surface area contributed by atoms with Crippen LogP contribution in [0.25, 0.3) is 0 Å². The van der Waals surface area contributed by atoms with Gasteiger partial charge in [-0.25, -0.2) is 0 Å². The molecule has 0 amide bonds. The van der Waals surface area contributed by atoms with Crippen molar-refractivity contribution in [1.82, 2.24) is 0 Å². The summed E-state index contributed by atoms with van der Waals surface area (Å²) < 4.78 is 5.21. The third kappa shape index (κ3) is 2.39. The Kier molecular flexibility index (Phi) is 3.77. The smallest absolute Gasteiger partial charge is 0.142 e. The Balaban J connectivity index is 3.01. The lowest BCUT2D eigenvalue weighted by Crippen LogP contribution is -2.11. The number of anilines is 1. The zero-order valence-electron chi connectivity index (χ0n) is 9.00. The fraction of sp³-hybridized carbons (Fsp3) is 0.455. The van der Waals surface area contributed by atoms with E-state index in [9.17, 15) is 0 Å². The van der Waals surface area contributed by atoms with Crippen molar-refractivity contribution in [2.45, 2.75) is 19.8 Å². The van der Waals surface area contributed by atoms with Crippen LogP contribution in [0.1, 0.15) is 25.3 Å². The number of hydrogen-bond acceptors (Lipinski definition) is 3. The van der Waals surface area contributed by atoms with Crippen LogP contribution in [0.4, 0.5) is 5.69 Å². The lowest BCUT2D eigenvalue weighted by Gasteiger charge is -2.13. The molecule has 78 valence electrons. The summed E-state index contributed by atoms with van der Waals surface area (Å²) in [5.74, 6) is 1.35. The van der Waals surface area contributed by atoms with E-state index in [-0.39, 0.29) is 0 Å². The van der Waals surface area contributed by atoms with Crippen LogP contribution in [0.3, 0.4) is 0 Å². The molecule has 0 aliphatic carbocycles. The van der Waals surface area contributed by atoms with Gasteiger partial charge in [0.1, 0.15) is 5.75 Å². The molecule has 0 saturated carbocycles. The van der Waals surface area contributed by atoms with Gasteiger partial charge < -0.3 is 15.8 Å². The summed E-state index contributed by atoms with van der Waals surface area (Å²) in [6.45, 7) is 4.74. The molecule has 0 saturated heterocycles. The summed E-state index contributed by atoms with van der Waals surface area (Å²) in [5, 5.41) is 3.08. The molecule has 0 spiro atoms. The summed E-state index contributed by atoms with van der Waals surface area (Å²) >= 11 is 0. The first kappa shape index (κ1) is 10.9. The molecule has 1 aromatic carbocycles. The van der Waals surface area contributed by atoms with Crippen LogP contribution < -0.4 is 15.8 Å². The monoisotopic (exact) mass is 194 g/mol. The molecule has 14 heavy (non-hydrogen) atoms. The number of methoxy groups -OCH3 is 1. The topological polar surface area (TPSA) is 47.3 Å². The van der Waals surface area contributed by atoms with Gasteiger partial charge in [-0.1, -0.05) is 19.9 Å². The lowest BCUT2D eigenvalue weighted by molar-refractivity contribution is 0.416. The Labute approximate surface area is 85.3 Å². The highest BCUT2D eigenvalue weighted by molar-refractivity contribution is 5.58. The van der Waals surface area contributed by atoms with E-state index in [1.54, 1.807) is 7.11 Å². The van der Waals surface area contributed by atoms with Crippen molar-refractivity contribution in [2.24, 2.45) is 5.73 Å². The Morgan fingerprint density at radius 3 is 2.64 bits per heavy atom. The van der Waals surface area contributed by atoms with E-state index in [2.05, 4.69) is 31.3 Å². The molecule has 3 nitrogen and oxygen atoms in total. The van der Waals surface area contributed by atoms with Crippen LogP contribution in [0.5, 0.6) is 5.75 Å². The lowest BCUT2D eigenvalue weighted by atomic mass is 10.0. The number of nitrogens with two attached hydrogens (primary N) is 1. The van der Waals surface area contributed by atoms with Crippen LogP contribution >= 0.6 is 0 Å². The zero-order valence-corrected chi connectivity index (χ0v) is 9.00. The van der Waals surface area contributed by atoms with E-state index in [1.165, 1.54) is 5.56 Å². The molecule has 1 rings (SSSR count). The number of rotatable bonds is 4. The van der Waals surface area contributed by atoms with Gasteiger partial charge >= 0.3 is 0 Å². The third-order valence-corrected chi connectivity index (χ3v) is 2.18. The fourth-order valence-electron chi connectivity index (χ4n) is 1.33. The summed E-state index contributed by atoms with van der Waals surface area (Å²) in [7, 11) is 1.66. The SMILES string of the molecule is COc1ccc(C(C)C)cc1NCN. The van der Waals surface area contributed by atoms with Gasteiger partial charge in [0, 0.05) is 0 Å². The van der Waals surface area contributed by atoms with Crippen molar-refractivity contribution in [3.63, 3.8) is 0 Å². The third-order valence-electron chi connectivity index (χ3n) is 2.18. The van der Waals surface area contributed by atoms with Crippen LogP contribution in [-0.4, -0.2) is 13.8 Å². The molecule has 0 radical (unpaired) electrons. The van der Waals surface area contributed by atoms with Crippen LogP contribution in [0, 0.1) is 0 Å². The largest absolute Gasteiger partial charge is 0.495 e. The van der Waals surface area contributed by atoms with E-state index in [0.29, 0.717) is 12.6 Å². The Hall–Kier alpha value is -1.22. The molecule has 0 aliphatic rings. The minimum absolute atomic E-state index is 0.415. The van der Waals surface area contributed by atoms with E-state index in [4.69, 9.17) is 10.5 Å². The van der Waals surface area contributed by atoms with Crippen molar-refractivity contribution in [2.75, 3.05) is 19.1 Å². The van der Waals surface area contributed by atoms with E-state index >= 15 is 0 Å². The quantitative estimate of drug-likeness (QED) is 0.722. The van der Waals surface area contributed by atoms with Crippen molar-refractivity contribution < 1.29 is 4.74 Å². The second-order valence-electron chi connectivity index (χ2n) is 3.50. The second-order valence-corrected chi connectivity index (χ2v) is 3.50. The molecule has 0 atom stereocenters.